The lowest BCUT2D eigenvalue weighted by Gasteiger charge is -2.10. The molecule has 0 fully saturated rings. The minimum atomic E-state index is -0.0849. The molecule has 5 nitrogen and oxygen atoms in total. The summed E-state index contributed by atoms with van der Waals surface area (Å²) in [5.41, 5.74) is 5.55. The molecule has 0 saturated carbocycles. The zero-order valence-corrected chi connectivity index (χ0v) is 18.4. The highest BCUT2D eigenvalue weighted by atomic mass is 32.2. The summed E-state index contributed by atoms with van der Waals surface area (Å²) in [6.07, 6.45) is 3.53. The number of amides is 1. The van der Waals surface area contributed by atoms with Crippen LogP contribution in [-0.4, -0.2) is 15.9 Å². The van der Waals surface area contributed by atoms with Crippen molar-refractivity contribution in [2.24, 2.45) is 0 Å². The van der Waals surface area contributed by atoms with Crippen molar-refractivity contribution in [1.29, 1.82) is 0 Å². The van der Waals surface area contributed by atoms with Gasteiger partial charge in [0.05, 0.1) is 16.8 Å². The Labute approximate surface area is 189 Å². The summed E-state index contributed by atoms with van der Waals surface area (Å²) in [5.74, 6) is 1.44. The molecule has 4 rings (SSSR count). The molecule has 2 aromatic carbocycles. The molecule has 0 atom stereocenters. The standard InChI is InChI=1S/C24H21N3O2S2/c28-24(22-5-1-2-6-23(22)31-16-20-15-30-17-27-20)26-13-18-7-9-21(10-8-18)29-14-19-4-3-11-25-12-19/h1-12,15,17H,13-14,16H2,(H,26,28). The monoisotopic (exact) mass is 447 g/mol. The number of carbonyl (C=O) groups excluding carboxylic acids is 1. The number of hydrogen-bond acceptors (Lipinski definition) is 6. The number of rotatable bonds is 9. The lowest BCUT2D eigenvalue weighted by atomic mass is 10.2. The maximum atomic E-state index is 12.8. The van der Waals surface area contributed by atoms with Gasteiger partial charge in [0.15, 0.2) is 0 Å². The van der Waals surface area contributed by atoms with E-state index in [1.54, 1.807) is 35.5 Å². The molecule has 1 amide bonds. The summed E-state index contributed by atoms with van der Waals surface area (Å²) in [4.78, 5) is 22.1. The first-order valence-corrected chi connectivity index (χ1v) is 11.7. The van der Waals surface area contributed by atoms with E-state index < -0.39 is 0 Å². The van der Waals surface area contributed by atoms with Gasteiger partial charge in [-0.05, 0) is 35.9 Å². The predicted molar refractivity (Wildman–Crippen MR) is 124 cm³/mol. The molecule has 0 aliphatic heterocycles. The van der Waals surface area contributed by atoms with Crippen LogP contribution in [0.4, 0.5) is 0 Å². The third-order valence-electron chi connectivity index (χ3n) is 4.50. The second kappa shape index (κ2) is 10.7. The number of thioether (sulfide) groups is 1. The van der Waals surface area contributed by atoms with Gasteiger partial charge in [-0.1, -0.05) is 30.3 Å². The summed E-state index contributed by atoms with van der Waals surface area (Å²) in [5, 5.41) is 5.04. The summed E-state index contributed by atoms with van der Waals surface area (Å²) < 4.78 is 5.78. The van der Waals surface area contributed by atoms with Crippen molar-refractivity contribution in [2.45, 2.75) is 23.8 Å². The Hall–Kier alpha value is -3.16. The number of carbonyl (C=O) groups is 1. The number of pyridine rings is 1. The fraction of sp³-hybridized carbons (Fsp3) is 0.125. The molecular weight excluding hydrogens is 426 g/mol. The van der Waals surface area contributed by atoms with Crippen molar-refractivity contribution in [3.05, 3.63) is 106 Å². The van der Waals surface area contributed by atoms with Crippen molar-refractivity contribution in [1.82, 2.24) is 15.3 Å². The van der Waals surface area contributed by atoms with E-state index in [2.05, 4.69) is 15.3 Å². The highest BCUT2D eigenvalue weighted by Crippen LogP contribution is 2.26. The Bertz CT molecular complexity index is 1100. The van der Waals surface area contributed by atoms with Gasteiger partial charge in [-0.3, -0.25) is 9.78 Å². The van der Waals surface area contributed by atoms with Crippen LogP contribution in [0.25, 0.3) is 0 Å². The second-order valence-electron chi connectivity index (χ2n) is 6.74. The summed E-state index contributed by atoms with van der Waals surface area (Å²) in [6, 6.07) is 19.3. The number of hydrogen-bond donors (Lipinski definition) is 1. The van der Waals surface area contributed by atoms with Crippen LogP contribution in [0.5, 0.6) is 5.75 Å². The van der Waals surface area contributed by atoms with Gasteiger partial charge in [0.2, 0.25) is 0 Å². The average Bonchev–Trinajstić information content (AvgIpc) is 3.35. The molecule has 0 aliphatic rings. The van der Waals surface area contributed by atoms with Crippen molar-refractivity contribution in [3.63, 3.8) is 0 Å². The largest absolute Gasteiger partial charge is 0.489 e. The molecule has 0 aliphatic carbocycles. The van der Waals surface area contributed by atoms with E-state index in [9.17, 15) is 4.79 Å². The van der Waals surface area contributed by atoms with Crippen LogP contribution in [0, 0.1) is 0 Å². The Kier molecular flexibility index (Phi) is 7.31. The third kappa shape index (κ3) is 6.16. The molecule has 31 heavy (non-hydrogen) atoms. The van der Waals surface area contributed by atoms with Gasteiger partial charge in [-0.15, -0.1) is 23.1 Å². The van der Waals surface area contributed by atoms with Gasteiger partial charge in [0, 0.05) is 40.5 Å². The molecule has 156 valence electrons. The van der Waals surface area contributed by atoms with Crippen molar-refractivity contribution >= 4 is 29.0 Å². The van der Waals surface area contributed by atoms with Crippen molar-refractivity contribution in [3.8, 4) is 5.75 Å². The molecule has 0 radical (unpaired) electrons. The number of ether oxygens (including phenoxy) is 1. The normalized spacial score (nSPS) is 10.6. The van der Waals surface area contributed by atoms with Crippen LogP contribution in [0.3, 0.4) is 0 Å². The SMILES string of the molecule is O=C(NCc1ccc(OCc2cccnc2)cc1)c1ccccc1SCc1cscn1. The lowest BCUT2D eigenvalue weighted by molar-refractivity contribution is 0.0948. The van der Waals surface area contributed by atoms with Crippen LogP contribution in [0.2, 0.25) is 0 Å². The number of thiazole rings is 1. The van der Waals surface area contributed by atoms with Gasteiger partial charge >= 0.3 is 0 Å². The third-order valence-corrected chi connectivity index (χ3v) is 6.24. The fourth-order valence-corrected chi connectivity index (χ4v) is 4.49. The topological polar surface area (TPSA) is 64.1 Å². The van der Waals surface area contributed by atoms with E-state index in [0.29, 0.717) is 18.7 Å². The Morgan fingerprint density at radius 3 is 2.68 bits per heavy atom. The first-order valence-electron chi connectivity index (χ1n) is 9.75. The summed E-state index contributed by atoms with van der Waals surface area (Å²) in [6.45, 7) is 0.923. The van der Waals surface area contributed by atoms with Crippen molar-refractivity contribution in [2.75, 3.05) is 0 Å². The molecule has 0 unspecified atom stereocenters. The zero-order valence-electron chi connectivity index (χ0n) is 16.7. The second-order valence-corrected chi connectivity index (χ2v) is 8.48. The lowest BCUT2D eigenvalue weighted by Crippen LogP contribution is -2.23. The van der Waals surface area contributed by atoms with E-state index >= 15 is 0 Å². The summed E-state index contributed by atoms with van der Waals surface area (Å²) >= 11 is 3.20. The maximum Gasteiger partial charge on any atom is 0.252 e. The van der Waals surface area contributed by atoms with Crippen LogP contribution in [-0.2, 0) is 18.9 Å². The van der Waals surface area contributed by atoms with E-state index in [-0.39, 0.29) is 5.91 Å². The van der Waals surface area contributed by atoms with Crippen LogP contribution in [0.1, 0.15) is 27.2 Å². The first-order chi connectivity index (χ1) is 15.3. The minimum absolute atomic E-state index is 0.0849. The quantitative estimate of drug-likeness (QED) is 0.351. The summed E-state index contributed by atoms with van der Waals surface area (Å²) in [7, 11) is 0. The number of benzene rings is 2. The fourth-order valence-electron chi connectivity index (χ4n) is 2.87. The predicted octanol–water partition coefficient (Wildman–Crippen LogP) is 5.34. The number of nitrogens with zero attached hydrogens (tertiary/aromatic N) is 2. The number of nitrogens with one attached hydrogen (secondary N) is 1. The molecule has 7 heteroatoms. The minimum Gasteiger partial charge on any atom is -0.489 e. The van der Waals surface area contributed by atoms with Gasteiger partial charge in [0.25, 0.3) is 5.91 Å². The van der Waals surface area contributed by atoms with Crippen LogP contribution >= 0.6 is 23.1 Å². The molecule has 0 spiro atoms. The zero-order chi connectivity index (χ0) is 21.3. The Morgan fingerprint density at radius 2 is 1.90 bits per heavy atom. The Balaban J connectivity index is 1.30. The number of aromatic nitrogens is 2. The molecular formula is C24H21N3O2S2. The highest BCUT2D eigenvalue weighted by molar-refractivity contribution is 7.98. The highest BCUT2D eigenvalue weighted by Gasteiger charge is 2.11. The van der Waals surface area contributed by atoms with Gasteiger partial charge in [0.1, 0.15) is 12.4 Å². The molecule has 2 aromatic heterocycles. The van der Waals surface area contributed by atoms with Crippen molar-refractivity contribution < 1.29 is 9.53 Å². The van der Waals surface area contributed by atoms with E-state index in [1.165, 1.54) is 0 Å². The maximum absolute atomic E-state index is 12.8. The average molecular weight is 448 g/mol. The Morgan fingerprint density at radius 1 is 1.03 bits per heavy atom. The van der Waals surface area contributed by atoms with Gasteiger partial charge in [-0.25, -0.2) is 4.98 Å². The molecule has 0 saturated heterocycles. The molecule has 1 N–H and O–H groups in total. The van der Waals surface area contributed by atoms with Crippen LogP contribution < -0.4 is 10.1 Å². The van der Waals surface area contributed by atoms with Gasteiger partial charge < -0.3 is 10.1 Å². The smallest absolute Gasteiger partial charge is 0.252 e. The van der Waals surface area contributed by atoms with E-state index in [4.69, 9.17) is 4.74 Å². The van der Waals surface area contributed by atoms with E-state index in [1.807, 2.05) is 71.6 Å². The van der Waals surface area contributed by atoms with Crippen LogP contribution in [0.15, 0.2) is 88.8 Å². The molecule has 0 bridgehead atoms. The van der Waals surface area contributed by atoms with Gasteiger partial charge in [-0.2, -0.15) is 0 Å². The van der Waals surface area contributed by atoms with E-state index in [0.717, 1.165) is 33.2 Å². The molecule has 4 aromatic rings. The molecule has 2 heterocycles. The first kappa shape index (κ1) is 21.1.